The van der Waals surface area contributed by atoms with Gasteiger partial charge in [-0.25, -0.2) is 0 Å². The smallest absolute Gasteiger partial charge is 0.266 e. The van der Waals surface area contributed by atoms with Crippen LogP contribution in [0, 0.1) is 39.0 Å². The first kappa shape index (κ1) is 25.4. The average Bonchev–Trinajstić information content (AvgIpc) is 2.82. The predicted molar refractivity (Wildman–Crippen MR) is 138 cm³/mol. The highest BCUT2D eigenvalue weighted by molar-refractivity contribution is 6.10. The Hall–Kier alpha value is -4.24. The first-order valence-corrected chi connectivity index (χ1v) is 11.2. The minimum absolute atomic E-state index is 0.0461. The van der Waals surface area contributed by atoms with Gasteiger partial charge in [0.15, 0.2) is 11.5 Å². The molecule has 0 spiro atoms. The van der Waals surface area contributed by atoms with Crippen molar-refractivity contribution in [1.82, 2.24) is 0 Å². The van der Waals surface area contributed by atoms with Crippen LogP contribution in [0.2, 0.25) is 0 Å². The van der Waals surface area contributed by atoms with Crippen molar-refractivity contribution in [3.8, 4) is 23.3 Å². The number of carbonyl (C=O) groups excluding carboxylic acids is 1. The summed E-state index contributed by atoms with van der Waals surface area (Å²) in [6, 6.07) is 17.0. The molecule has 3 rings (SSSR count). The van der Waals surface area contributed by atoms with Gasteiger partial charge in [0.2, 0.25) is 0 Å². The van der Waals surface area contributed by atoms with Crippen molar-refractivity contribution in [2.24, 2.45) is 0 Å². The van der Waals surface area contributed by atoms with E-state index in [0.29, 0.717) is 35.1 Å². The highest BCUT2D eigenvalue weighted by Gasteiger charge is 2.14. The topological polar surface area (TPSA) is 80.6 Å². The average molecular weight is 471 g/mol. The van der Waals surface area contributed by atoms with E-state index in [1.54, 1.807) is 37.4 Å². The summed E-state index contributed by atoms with van der Waals surface area (Å²) in [5.74, 6) is 1.08. The first-order valence-electron chi connectivity index (χ1n) is 11.2. The highest BCUT2D eigenvalue weighted by Crippen LogP contribution is 2.31. The molecule has 0 aliphatic heterocycles. The quantitative estimate of drug-likeness (QED) is 0.320. The van der Waals surface area contributed by atoms with Crippen molar-refractivity contribution in [3.05, 3.63) is 87.5 Å². The largest absolute Gasteiger partial charge is 0.495 e. The number of nitrogens with one attached hydrogen (secondary N) is 1. The molecule has 1 amide bonds. The van der Waals surface area contributed by atoms with Crippen LogP contribution in [0.25, 0.3) is 6.08 Å². The Morgan fingerprint density at radius 3 is 2.17 bits per heavy atom. The van der Waals surface area contributed by atoms with Gasteiger partial charge in [-0.05, 0) is 85.9 Å². The van der Waals surface area contributed by atoms with E-state index in [9.17, 15) is 10.1 Å². The molecule has 0 radical (unpaired) electrons. The van der Waals surface area contributed by atoms with Gasteiger partial charge < -0.3 is 19.5 Å². The van der Waals surface area contributed by atoms with Crippen LogP contribution in [-0.2, 0) is 11.4 Å². The van der Waals surface area contributed by atoms with E-state index in [-0.39, 0.29) is 5.57 Å². The third-order valence-electron chi connectivity index (χ3n) is 5.68. The lowest BCUT2D eigenvalue weighted by atomic mass is 10.0. The summed E-state index contributed by atoms with van der Waals surface area (Å²) in [5, 5.41) is 12.4. The molecule has 0 aromatic heterocycles. The van der Waals surface area contributed by atoms with E-state index in [1.165, 1.54) is 29.9 Å². The van der Waals surface area contributed by atoms with Gasteiger partial charge in [-0.1, -0.05) is 29.8 Å². The van der Waals surface area contributed by atoms with E-state index in [4.69, 9.17) is 14.2 Å². The van der Waals surface area contributed by atoms with Crippen molar-refractivity contribution >= 4 is 17.7 Å². The number of methoxy groups -OCH3 is 2. The molecule has 0 unspecified atom stereocenters. The fraction of sp³-hybridized carbons (Fsp3) is 0.241. The van der Waals surface area contributed by atoms with Gasteiger partial charge in [-0.15, -0.1) is 0 Å². The Bertz CT molecular complexity index is 1300. The Kier molecular flexibility index (Phi) is 8.17. The standard InChI is InChI=1S/C29H30N2O4/c1-18-7-9-26(33-5)25(13-18)31-29(32)23(16-30)14-22-8-10-27(28(15-22)34-6)35-17-24-20(3)11-19(2)12-21(24)4/h7-15H,17H2,1-6H3,(H,31,32)/b23-14+. The van der Waals surface area contributed by atoms with Crippen LogP contribution in [0.5, 0.6) is 17.2 Å². The minimum Gasteiger partial charge on any atom is -0.495 e. The summed E-state index contributed by atoms with van der Waals surface area (Å²) in [6.07, 6.45) is 1.51. The number of hydrogen-bond acceptors (Lipinski definition) is 5. The summed E-state index contributed by atoms with van der Waals surface area (Å²) in [7, 11) is 3.08. The number of benzene rings is 3. The summed E-state index contributed by atoms with van der Waals surface area (Å²) < 4.78 is 16.9. The number of nitriles is 1. The summed E-state index contributed by atoms with van der Waals surface area (Å²) in [5.41, 5.74) is 6.76. The molecule has 0 aliphatic carbocycles. The van der Waals surface area contributed by atoms with Gasteiger partial charge in [-0.2, -0.15) is 5.26 Å². The van der Waals surface area contributed by atoms with Crippen LogP contribution in [0.1, 0.15) is 33.4 Å². The number of nitrogens with zero attached hydrogens (tertiary/aromatic N) is 1. The number of anilines is 1. The van der Waals surface area contributed by atoms with Crippen molar-refractivity contribution < 1.29 is 19.0 Å². The maximum absolute atomic E-state index is 12.8. The molecule has 0 fully saturated rings. The molecular formula is C29H30N2O4. The van der Waals surface area contributed by atoms with Crippen LogP contribution in [0.4, 0.5) is 5.69 Å². The zero-order valence-electron chi connectivity index (χ0n) is 21.0. The van der Waals surface area contributed by atoms with E-state index < -0.39 is 5.91 Å². The lowest BCUT2D eigenvalue weighted by Gasteiger charge is -2.15. The highest BCUT2D eigenvalue weighted by atomic mass is 16.5. The molecule has 0 atom stereocenters. The van der Waals surface area contributed by atoms with Gasteiger partial charge >= 0.3 is 0 Å². The molecule has 3 aromatic carbocycles. The third-order valence-corrected chi connectivity index (χ3v) is 5.68. The second-order valence-corrected chi connectivity index (χ2v) is 8.40. The maximum atomic E-state index is 12.8. The molecule has 0 aliphatic rings. The fourth-order valence-corrected chi connectivity index (χ4v) is 3.91. The van der Waals surface area contributed by atoms with Gasteiger partial charge in [-0.3, -0.25) is 4.79 Å². The number of rotatable bonds is 8. The van der Waals surface area contributed by atoms with Crippen LogP contribution in [0.3, 0.4) is 0 Å². The Labute approximate surface area is 206 Å². The monoisotopic (exact) mass is 470 g/mol. The number of ether oxygens (including phenoxy) is 3. The SMILES string of the molecule is COc1ccc(C)cc1NC(=O)/C(C#N)=C/c1ccc(OCc2c(C)cc(C)cc2C)c(OC)c1. The van der Waals surface area contributed by atoms with E-state index in [0.717, 1.165) is 11.1 Å². The fourth-order valence-electron chi connectivity index (χ4n) is 3.91. The molecule has 1 N–H and O–H groups in total. The molecule has 3 aromatic rings. The van der Waals surface area contributed by atoms with E-state index >= 15 is 0 Å². The van der Waals surface area contributed by atoms with Crippen molar-refractivity contribution in [2.45, 2.75) is 34.3 Å². The Balaban J connectivity index is 1.81. The lowest BCUT2D eigenvalue weighted by molar-refractivity contribution is -0.112. The summed E-state index contributed by atoms with van der Waals surface area (Å²) >= 11 is 0. The number of hydrogen-bond donors (Lipinski definition) is 1. The van der Waals surface area contributed by atoms with Gasteiger partial charge in [0.1, 0.15) is 24.0 Å². The zero-order valence-corrected chi connectivity index (χ0v) is 21.0. The molecule has 6 nitrogen and oxygen atoms in total. The molecule has 6 heteroatoms. The maximum Gasteiger partial charge on any atom is 0.266 e. The van der Waals surface area contributed by atoms with Crippen molar-refractivity contribution in [3.63, 3.8) is 0 Å². The molecule has 180 valence electrons. The molecule has 0 heterocycles. The van der Waals surface area contributed by atoms with Crippen LogP contribution >= 0.6 is 0 Å². The number of aryl methyl sites for hydroxylation is 4. The van der Waals surface area contributed by atoms with Crippen molar-refractivity contribution in [1.29, 1.82) is 5.26 Å². The van der Waals surface area contributed by atoms with Gasteiger partial charge in [0, 0.05) is 0 Å². The predicted octanol–water partition coefficient (Wildman–Crippen LogP) is 6.06. The third kappa shape index (κ3) is 6.21. The van der Waals surface area contributed by atoms with Gasteiger partial charge in [0.25, 0.3) is 5.91 Å². The van der Waals surface area contributed by atoms with E-state index in [1.807, 2.05) is 19.1 Å². The molecular weight excluding hydrogens is 440 g/mol. The Morgan fingerprint density at radius 2 is 1.54 bits per heavy atom. The van der Waals surface area contributed by atoms with Crippen molar-refractivity contribution in [2.75, 3.05) is 19.5 Å². The van der Waals surface area contributed by atoms with E-state index in [2.05, 4.69) is 38.2 Å². The molecule has 0 saturated heterocycles. The minimum atomic E-state index is -0.527. The second-order valence-electron chi connectivity index (χ2n) is 8.40. The molecule has 0 saturated carbocycles. The summed E-state index contributed by atoms with van der Waals surface area (Å²) in [4.78, 5) is 12.8. The van der Waals surface area contributed by atoms with Crippen LogP contribution in [-0.4, -0.2) is 20.1 Å². The second kappa shape index (κ2) is 11.3. The molecule has 35 heavy (non-hydrogen) atoms. The number of amides is 1. The normalized spacial score (nSPS) is 10.9. The Morgan fingerprint density at radius 1 is 0.886 bits per heavy atom. The first-order chi connectivity index (χ1) is 16.7. The summed E-state index contributed by atoms with van der Waals surface area (Å²) in [6.45, 7) is 8.55. The zero-order chi connectivity index (χ0) is 25.5. The number of carbonyl (C=O) groups is 1. The lowest BCUT2D eigenvalue weighted by Crippen LogP contribution is -2.14. The molecule has 0 bridgehead atoms. The van der Waals surface area contributed by atoms with Crippen LogP contribution in [0.15, 0.2) is 54.1 Å². The van der Waals surface area contributed by atoms with Gasteiger partial charge in [0.05, 0.1) is 19.9 Å². The van der Waals surface area contributed by atoms with Crippen LogP contribution < -0.4 is 19.5 Å².